The molecular formula is C22H28N2O5S. The SMILES string of the molecule is COc1ccc(S(=O)(=O)N2CCC[C@@H](C(=O)NCCOc3ccccc3C)C2)cc1. The number of methoxy groups -OCH3 is 1. The zero-order valence-corrected chi connectivity index (χ0v) is 18.2. The molecule has 2 aromatic carbocycles. The van der Waals surface area contributed by atoms with Crippen LogP contribution in [0.25, 0.3) is 0 Å². The number of amides is 1. The lowest BCUT2D eigenvalue weighted by atomic mass is 9.99. The van der Waals surface area contributed by atoms with Gasteiger partial charge in [-0.3, -0.25) is 4.79 Å². The van der Waals surface area contributed by atoms with Crippen LogP contribution in [-0.4, -0.2) is 52.0 Å². The van der Waals surface area contributed by atoms with Crippen LogP contribution in [0.2, 0.25) is 0 Å². The van der Waals surface area contributed by atoms with Crippen LogP contribution in [0, 0.1) is 12.8 Å². The van der Waals surface area contributed by atoms with Gasteiger partial charge in [0.2, 0.25) is 15.9 Å². The van der Waals surface area contributed by atoms with Crippen LogP contribution in [0.4, 0.5) is 0 Å². The molecule has 0 spiro atoms. The van der Waals surface area contributed by atoms with Gasteiger partial charge < -0.3 is 14.8 Å². The van der Waals surface area contributed by atoms with Crippen molar-refractivity contribution < 1.29 is 22.7 Å². The molecule has 1 N–H and O–H groups in total. The molecule has 0 aromatic heterocycles. The van der Waals surface area contributed by atoms with Crippen molar-refractivity contribution in [3.63, 3.8) is 0 Å². The van der Waals surface area contributed by atoms with Gasteiger partial charge in [-0.1, -0.05) is 18.2 Å². The van der Waals surface area contributed by atoms with Crippen LogP contribution < -0.4 is 14.8 Å². The van der Waals surface area contributed by atoms with E-state index in [1.54, 1.807) is 12.1 Å². The van der Waals surface area contributed by atoms with Gasteiger partial charge in [0.1, 0.15) is 18.1 Å². The van der Waals surface area contributed by atoms with Gasteiger partial charge in [0.15, 0.2) is 0 Å². The van der Waals surface area contributed by atoms with Crippen molar-refractivity contribution in [2.45, 2.75) is 24.7 Å². The summed E-state index contributed by atoms with van der Waals surface area (Å²) in [7, 11) is -2.12. The number of hydrogen-bond acceptors (Lipinski definition) is 5. The first-order chi connectivity index (χ1) is 14.4. The lowest BCUT2D eigenvalue weighted by Gasteiger charge is -2.31. The number of nitrogens with one attached hydrogen (secondary N) is 1. The van der Waals surface area contributed by atoms with Crippen molar-refractivity contribution >= 4 is 15.9 Å². The normalized spacial score (nSPS) is 17.3. The number of sulfonamides is 1. The highest BCUT2D eigenvalue weighted by molar-refractivity contribution is 7.89. The Morgan fingerprint density at radius 3 is 2.60 bits per heavy atom. The molecule has 30 heavy (non-hydrogen) atoms. The first kappa shape index (κ1) is 22.1. The molecule has 8 heteroatoms. The van der Waals surface area contributed by atoms with Gasteiger partial charge >= 0.3 is 0 Å². The molecule has 1 atom stereocenters. The highest BCUT2D eigenvalue weighted by Crippen LogP contribution is 2.25. The summed E-state index contributed by atoms with van der Waals surface area (Å²) >= 11 is 0. The summed E-state index contributed by atoms with van der Waals surface area (Å²) in [4.78, 5) is 12.8. The minimum atomic E-state index is -3.65. The lowest BCUT2D eigenvalue weighted by molar-refractivity contribution is -0.126. The molecule has 1 aliphatic heterocycles. The van der Waals surface area contributed by atoms with Gasteiger partial charge in [-0.05, 0) is 55.7 Å². The van der Waals surface area contributed by atoms with E-state index in [0.717, 1.165) is 11.3 Å². The Labute approximate surface area is 178 Å². The van der Waals surface area contributed by atoms with Crippen LogP contribution in [0.5, 0.6) is 11.5 Å². The molecule has 1 saturated heterocycles. The minimum absolute atomic E-state index is 0.141. The van der Waals surface area contributed by atoms with Gasteiger partial charge in [-0.25, -0.2) is 8.42 Å². The van der Waals surface area contributed by atoms with E-state index >= 15 is 0 Å². The van der Waals surface area contributed by atoms with Gasteiger partial charge in [0.05, 0.1) is 24.5 Å². The summed E-state index contributed by atoms with van der Waals surface area (Å²) in [5.74, 6) is 0.877. The molecule has 162 valence electrons. The van der Waals surface area contributed by atoms with Crippen molar-refractivity contribution in [3.8, 4) is 11.5 Å². The number of benzene rings is 2. The molecule has 0 radical (unpaired) electrons. The van der Waals surface area contributed by atoms with Crippen molar-refractivity contribution in [2.75, 3.05) is 33.4 Å². The van der Waals surface area contributed by atoms with Gasteiger partial charge in [0.25, 0.3) is 0 Å². The number of carbonyl (C=O) groups is 1. The topological polar surface area (TPSA) is 84.9 Å². The van der Waals surface area contributed by atoms with Crippen molar-refractivity contribution in [1.29, 1.82) is 0 Å². The number of rotatable bonds is 8. The molecule has 0 saturated carbocycles. The van der Waals surface area contributed by atoms with Crippen LogP contribution in [0.3, 0.4) is 0 Å². The number of nitrogens with zero attached hydrogens (tertiary/aromatic N) is 1. The lowest BCUT2D eigenvalue weighted by Crippen LogP contribution is -2.45. The number of carbonyl (C=O) groups excluding carboxylic acids is 1. The highest BCUT2D eigenvalue weighted by atomic mass is 32.2. The maximum atomic E-state index is 12.9. The van der Waals surface area contributed by atoms with Gasteiger partial charge in [0, 0.05) is 13.1 Å². The Kier molecular flexibility index (Phi) is 7.33. The van der Waals surface area contributed by atoms with E-state index in [-0.39, 0.29) is 23.3 Å². The van der Waals surface area contributed by atoms with Crippen molar-refractivity contribution in [2.24, 2.45) is 5.92 Å². The quantitative estimate of drug-likeness (QED) is 0.648. The summed E-state index contributed by atoms with van der Waals surface area (Å²) in [5.41, 5.74) is 1.04. The zero-order chi connectivity index (χ0) is 21.6. The third-order valence-corrected chi connectivity index (χ3v) is 7.08. The Hall–Kier alpha value is -2.58. The van der Waals surface area contributed by atoms with E-state index in [1.165, 1.54) is 23.5 Å². The fraction of sp³-hybridized carbons (Fsp3) is 0.409. The van der Waals surface area contributed by atoms with Crippen LogP contribution >= 0.6 is 0 Å². The largest absolute Gasteiger partial charge is 0.497 e. The number of piperidine rings is 1. The van der Waals surface area contributed by atoms with E-state index < -0.39 is 10.0 Å². The summed E-state index contributed by atoms with van der Waals surface area (Å²) in [6.45, 7) is 3.28. The number of hydrogen-bond donors (Lipinski definition) is 1. The zero-order valence-electron chi connectivity index (χ0n) is 17.3. The van der Waals surface area contributed by atoms with E-state index in [2.05, 4.69) is 5.32 Å². The molecule has 2 aromatic rings. The summed E-state index contributed by atoms with van der Waals surface area (Å²) < 4.78 is 38.1. The highest BCUT2D eigenvalue weighted by Gasteiger charge is 2.33. The standard InChI is InChI=1S/C22H28N2O5S/c1-17-6-3-4-8-21(17)29-15-13-23-22(25)18-7-5-14-24(16-18)30(26,27)20-11-9-19(28-2)10-12-20/h3-4,6,8-12,18H,5,7,13-16H2,1-2H3,(H,23,25)/t18-/m1/s1. The minimum Gasteiger partial charge on any atom is -0.497 e. The average Bonchev–Trinajstić information content (AvgIpc) is 2.77. The third-order valence-electron chi connectivity index (χ3n) is 5.20. The van der Waals surface area contributed by atoms with E-state index in [0.29, 0.717) is 38.3 Å². The number of aryl methyl sites for hydroxylation is 1. The van der Waals surface area contributed by atoms with Crippen molar-refractivity contribution in [1.82, 2.24) is 9.62 Å². The smallest absolute Gasteiger partial charge is 0.243 e. The Bertz CT molecular complexity index is 960. The molecule has 0 unspecified atom stereocenters. The average molecular weight is 433 g/mol. The van der Waals surface area contributed by atoms with E-state index in [9.17, 15) is 13.2 Å². The predicted molar refractivity (Wildman–Crippen MR) is 114 cm³/mol. The predicted octanol–water partition coefficient (Wildman–Crippen LogP) is 2.60. The first-order valence-electron chi connectivity index (χ1n) is 10.0. The molecule has 3 rings (SSSR count). The molecule has 1 aliphatic rings. The van der Waals surface area contributed by atoms with Gasteiger partial charge in [-0.2, -0.15) is 4.31 Å². The first-order valence-corrected chi connectivity index (χ1v) is 11.5. The molecule has 1 amide bonds. The second kappa shape index (κ2) is 9.95. The summed E-state index contributed by atoms with van der Waals surface area (Å²) in [5, 5.41) is 2.87. The molecule has 7 nitrogen and oxygen atoms in total. The number of ether oxygens (including phenoxy) is 2. The molecule has 1 fully saturated rings. The second-order valence-corrected chi connectivity index (χ2v) is 9.22. The molecular weight excluding hydrogens is 404 g/mol. The maximum Gasteiger partial charge on any atom is 0.243 e. The van der Waals surface area contributed by atoms with Crippen LogP contribution in [0.1, 0.15) is 18.4 Å². The Morgan fingerprint density at radius 1 is 1.17 bits per heavy atom. The third kappa shape index (κ3) is 5.31. The fourth-order valence-electron chi connectivity index (χ4n) is 3.47. The van der Waals surface area contributed by atoms with Crippen LogP contribution in [-0.2, 0) is 14.8 Å². The number of para-hydroxylation sites is 1. The van der Waals surface area contributed by atoms with Crippen molar-refractivity contribution in [3.05, 3.63) is 54.1 Å². The Morgan fingerprint density at radius 2 is 1.90 bits per heavy atom. The maximum absolute atomic E-state index is 12.9. The summed E-state index contributed by atoms with van der Waals surface area (Å²) in [6, 6.07) is 14.0. The van der Waals surface area contributed by atoms with Crippen LogP contribution in [0.15, 0.2) is 53.4 Å². The second-order valence-electron chi connectivity index (χ2n) is 7.28. The fourth-order valence-corrected chi connectivity index (χ4v) is 4.99. The Balaban J connectivity index is 1.53. The molecule has 0 bridgehead atoms. The molecule has 1 heterocycles. The van der Waals surface area contributed by atoms with E-state index in [1.807, 2.05) is 31.2 Å². The molecule has 0 aliphatic carbocycles. The monoisotopic (exact) mass is 432 g/mol. The summed E-state index contributed by atoms with van der Waals surface area (Å²) in [6.07, 6.45) is 1.31. The van der Waals surface area contributed by atoms with E-state index in [4.69, 9.17) is 9.47 Å². The van der Waals surface area contributed by atoms with Gasteiger partial charge in [-0.15, -0.1) is 0 Å².